The second kappa shape index (κ2) is 9.48. The van der Waals surface area contributed by atoms with Crippen LogP contribution in [0.15, 0.2) is 94.8 Å². The Morgan fingerprint density at radius 1 is 1.03 bits per heavy atom. The van der Waals surface area contributed by atoms with Gasteiger partial charge in [0.05, 0.1) is 4.90 Å². The molecule has 1 unspecified atom stereocenters. The zero-order valence-corrected chi connectivity index (χ0v) is 18.6. The maximum Gasteiger partial charge on any atom is 0.322 e. The average molecular weight is 466 g/mol. The van der Waals surface area contributed by atoms with Crippen molar-refractivity contribution in [2.24, 2.45) is 0 Å². The lowest BCUT2D eigenvalue weighted by Gasteiger charge is -2.27. The fourth-order valence-electron chi connectivity index (χ4n) is 3.71. The first kappa shape index (κ1) is 22.6. The van der Waals surface area contributed by atoms with Crippen LogP contribution in [0.4, 0.5) is 0 Å². The van der Waals surface area contributed by atoms with E-state index in [-0.39, 0.29) is 24.5 Å². The number of sulfonamides is 1. The van der Waals surface area contributed by atoms with Crippen LogP contribution < -0.4 is 4.74 Å². The Hall–Kier alpha value is -3.62. The third-order valence-electron chi connectivity index (χ3n) is 5.30. The monoisotopic (exact) mass is 465 g/mol. The van der Waals surface area contributed by atoms with Crippen LogP contribution in [0, 0.1) is 0 Å². The summed E-state index contributed by atoms with van der Waals surface area (Å²) >= 11 is 0. The zero-order valence-electron chi connectivity index (χ0n) is 17.8. The molecular formula is C25H23NO6S. The molecule has 1 N–H and O–H groups in total. The first-order valence-corrected chi connectivity index (χ1v) is 11.8. The van der Waals surface area contributed by atoms with Gasteiger partial charge in [0.25, 0.3) is 0 Å². The summed E-state index contributed by atoms with van der Waals surface area (Å²) < 4.78 is 39.7. The van der Waals surface area contributed by atoms with Crippen molar-refractivity contribution in [1.82, 2.24) is 4.31 Å². The lowest BCUT2D eigenvalue weighted by Crippen LogP contribution is -2.46. The molecule has 0 fully saturated rings. The predicted octanol–water partition coefficient (Wildman–Crippen LogP) is 4.69. The first-order chi connectivity index (χ1) is 15.9. The fourth-order valence-corrected chi connectivity index (χ4v) is 5.32. The molecule has 0 aliphatic heterocycles. The molecule has 1 atom stereocenters. The van der Waals surface area contributed by atoms with Crippen LogP contribution in [0.3, 0.4) is 0 Å². The molecule has 170 valence electrons. The third kappa shape index (κ3) is 4.62. The molecule has 0 spiro atoms. The summed E-state index contributed by atoms with van der Waals surface area (Å²) in [5, 5.41) is 11.2. The van der Waals surface area contributed by atoms with E-state index in [0.717, 1.165) is 9.69 Å². The van der Waals surface area contributed by atoms with E-state index in [1.807, 2.05) is 24.3 Å². The highest BCUT2D eigenvalue weighted by Crippen LogP contribution is 2.31. The Labute approximate surface area is 191 Å². The van der Waals surface area contributed by atoms with Gasteiger partial charge in [-0.25, -0.2) is 8.42 Å². The molecule has 4 aromatic rings. The second-order valence-corrected chi connectivity index (χ2v) is 9.30. The second-order valence-electron chi connectivity index (χ2n) is 7.41. The number of hydrogen-bond acceptors (Lipinski definition) is 5. The largest absolute Gasteiger partial charge is 0.492 e. The average Bonchev–Trinajstić information content (AvgIpc) is 3.19. The third-order valence-corrected chi connectivity index (χ3v) is 7.21. The lowest BCUT2D eigenvalue weighted by molar-refractivity contribution is -0.141. The predicted molar refractivity (Wildman–Crippen MR) is 126 cm³/mol. The molecule has 7 nitrogen and oxygen atoms in total. The number of carboxylic acid groups (broad SMARTS) is 1. The van der Waals surface area contributed by atoms with Gasteiger partial charge in [0, 0.05) is 17.3 Å². The molecule has 1 heterocycles. The molecule has 0 amide bonds. The van der Waals surface area contributed by atoms with E-state index in [1.54, 1.807) is 36.4 Å². The smallest absolute Gasteiger partial charge is 0.322 e. The van der Waals surface area contributed by atoms with Crippen LogP contribution in [0.25, 0.3) is 21.9 Å². The summed E-state index contributed by atoms with van der Waals surface area (Å²) in [6.45, 7) is 3.43. The van der Waals surface area contributed by atoms with Crippen LogP contribution in [-0.2, 0) is 14.8 Å². The molecule has 4 rings (SSSR count). The Bertz CT molecular complexity index is 1390. The summed E-state index contributed by atoms with van der Waals surface area (Å²) in [7, 11) is -4.18. The zero-order chi connectivity index (χ0) is 23.4. The molecule has 0 aliphatic carbocycles. The number of furan rings is 1. The number of ether oxygens (including phenoxy) is 1. The molecule has 0 aliphatic rings. The van der Waals surface area contributed by atoms with Gasteiger partial charge in [-0.15, -0.1) is 6.58 Å². The van der Waals surface area contributed by atoms with Gasteiger partial charge in [-0.05, 0) is 42.8 Å². The molecule has 33 heavy (non-hydrogen) atoms. The van der Waals surface area contributed by atoms with Crippen molar-refractivity contribution in [2.45, 2.75) is 17.4 Å². The van der Waals surface area contributed by atoms with Crippen molar-refractivity contribution < 1.29 is 27.5 Å². The van der Waals surface area contributed by atoms with E-state index in [9.17, 15) is 18.3 Å². The number of rotatable bonds is 10. The number of fused-ring (bicyclic) bond motifs is 3. The molecule has 0 saturated heterocycles. The van der Waals surface area contributed by atoms with E-state index < -0.39 is 22.0 Å². The van der Waals surface area contributed by atoms with E-state index in [1.165, 1.54) is 18.2 Å². The van der Waals surface area contributed by atoms with Crippen molar-refractivity contribution in [3.05, 3.63) is 85.5 Å². The molecule has 0 saturated carbocycles. The van der Waals surface area contributed by atoms with E-state index >= 15 is 0 Å². The maximum absolute atomic E-state index is 13.6. The fraction of sp³-hybridized carbons (Fsp3) is 0.160. The Balaban J connectivity index is 1.71. The van der Waals surface area contributed by atoms with Gasteiger partial charge in [0.15, 0.2) is 0 Å². The van der Waals surface area contributed by atoms with Crippen LogP contribution in [0.1, 0.15) is 6.42 Å². The van der Waals surface area contributed by atoms with Crippen LogP contribution in [-0.4, -0.2) is 43.0 Å². The summed E-state index contributed by atoms with van der Waals surface area (Å²) in [5.74, 6) is -0.690. The number of benzene rings is 3. The summed E-state index contributed by atoms with van der Waals surface area (Å²) in [6.07, 6.45) is 1.35. The summed E-state index contributed by atoms with van der Waals surface area (Å²) in [6, 6.07) is 19.5. The summed E-state index contributed by atoms with van der Waals surface area (Å²) in [5.41, 5.74) is 1.19. The summed E-state index contributed by atoms with van der Waals surface area (Å²) in [4.78, 5) is 12.0. The highest BCUT2D eigenvalue weighted by Gasteiger charge is 2.35. The number of carbonyl (C=O) groups is 1. The maximum atomic E-state index is 13.6. The normalized spacial score (nSPS) is 12.8. The van der Waals surface area contributed by atoms with Crippen molar-refractivity contribution in [3.63, 3.8) is 0 Å². The molecule has 0 radical (unpaired) electrons. The minimum absolute atomic E-state index is 0.0128. The van der Waals surface area contributed by atoms with Gasteiger partial charge in [-0.3, -0.25) is 4.79 Å². The van der Waals surface area contributed by atoms with Crippen LogP contribution in [0.5, 0.6) is 5.75 Å². The molecule has 1 aromatic heterocycles. The molecule has 8 heteroatoms. The Morgan fingerprint density at radius 2 is 1.73 bits per heavy atom. The Morgan fingerprint density at radius 3 is 2.45 bits per heavy atom. The van der Waals surface area contributed by atoms with Gasteiger partial charge < -0.3 is 14.3 Å². The number of nitrogens with zero attached hydrogens (tertiary/aromatic N) is 1. The lowest BCUT2D eigenvalue weighted by atomic mass is 10.1. The van der Waals surface area contributed by atoms with Crippen molar-refractivity contribution >= 4 is 37.9 Å². The van der Waals surface area contributed by atoms with Crippen molar-refractivity contribution in [2.75, 3.05) is 13.2 Å². The quantitative estimate of drug-likeness (QED) is 0.342. The number of carboxylic acids is 1. The number of hydrogen-bond donors (Lipinski definition) is 1. The van der Waals surface area contributed by atoms with E-state index in [0.29, 0.717) is 22.3 Å². The van der Waals surface area contributed by atoms with E-state index in [2.05, 4.69) is 6.58 Å². The first-order valence-electron chi connectivity index (χ1n) is 10.4. The Kier molecular flexibility index (Phi) is 6.48. The molecule has 0 bridgehead atoms. The highest BCUT2D eigenvalue weighted by atomic mass is 32.2. The van der Waals surface area contributed by atoms with Crippen LogP contribution >= 0.6 is 0 Å². The van der Waals surface area contributed by atoms with Gasteiger partial charge in [-0.1, -0.05) is 42.5 Å². The van der Waals surface area contributed by atoms with Gasteiger partial charge in [0.1, 0.15) is 29.6 Å². The topological polar surface area (TPSA) is 97.0 Å². The van der Waals surface area contributed by atoms with Gasteiger partial charge >= 0.3 is 5.97 Å². The minimum atomic E-state index is -4.18. The highest BCUT2D eigenvalue weighted by molar-refractivity contribution is 7.89. The van der Waals surface area contributed by atoms with Crippen LogP contribution in [0.2, 0.25) is 0 Å². The molecule has 3 aromatic carbocycles. The van der Waals surface area contributed by atoms with Crippen molar-refractivity contribution in [1.29, 1.82) is 0 Å². The van der Waals surface area contributed by atoms with Crippen molar-refractivity contribution in [3.8, 4) is 5.75 Å². The number of para-hydroxylation sites is 2. The number of aliphatic carboxylic acids is 1. The van der Waals surface area contributed by atoms with Gasteiger partial charge in [0.2, 0.25) is 10.0 Å². The van der Waals surface area contributed by atoms with Gasteiger partial charge in [-0.2, -0.15) is 4.31 Å². The minimum Gasteiger partial charge on any atom is -0.492 e. The molecular weight excluding hydrogens is 442 g/mol. The van der Waals surface area contributed by atoms with E-state index in [4.69, 9.17) is 9.15 Å². The standard InChI is InChI=1S/C25H23NO6S/c1-2-8-22(25(27)28)26(15-16-31-18-9-4-3-5-10-18)33(29,30)19-13-14-24-21(17-19)20-11-6-7-12-23(20)32-24/h2-7,9-14,17,22H,1,8,15-16H2,(H,27,28). The SMILES string of the molecule is C=CCC(C(=O)O)N(CCOc1ccccc1)S(=O)(=O)c1ccc2oc3ccccc3c2c1.